The number of rotatable bonds is 5. The Balaban J connectivity index is 1.80. The fourth-order valence-corrected chi connectivity index (χ4v) is 2.44. The Labute approximate surface area is 97.6 Å². The van der Waals surface area contributed by atoms with Crippen LogP contribution in [0, 0.1) is 0 Å². The van der Waals surface area contributed by atoms with Gasteiger partial charge in [-0.25, -0.2) is 0 Å². The first-order valence-electron chi connectivity index (χ1n) is 6.24. The number of hydrogen-bond acceptors (Lipinski definition) is 3. The van der Waals surface area contributed by atoms with Crippen LogP contribution in [-0.4, -0.2) is 46.4 Å². The lowest BCUT2D eigenvalue weighted by atomic mass is 10.2. The van der Waals surface area contributed by atoms with Gasteiger partial charge in [0.05, 0.1) is 6.54 Å². The summed E-state index contributed by atoms with van der Waals surface area (Å²) in [6, 6.07) is 3.24. The van der Waals surface area contributed by atoms with E-state index in [4.69, 9.17) is 0 Å². The predicted octanol–water partition coefficient (Wildman–Crippen LogP) is 0.955. The Kier molecular flexibility index (Phi) is 3.96. The van der Waals surface area contributed by atoms with E-state index in [0.29, 0.717) is 12.1 Å². The van der Waals surface area contributed by atoms with E-state index in [1.807, 2.05) is 23.1 Å². The van der Waals surface area contributed by atoms with Crippen LogP contribution in [-0.2, 0) is 6.54 Å². The second-order valence-electron chi connectivity index (χ2n) is 4.62. The van der Waals surface area contributed by atoms with Crippen molar-refractivity contribution in [1.82, 2.24) is 20.0 Å². The SMILES string of the molecule is CCNC1CCN(C(C)Cn2cccn2)C1. The largest absolute Gasteiger partial charge is 0.313 e. The number of nitrogens with zero attached hydrogens (tertiary/aromatic N) is 3. The maximum atomic E-state index is 4.26. The Morgan fingerprint density at radius 3 is 3.12 bits per heavy atom. The molecule has 0 radical (unpaired) electrons. The van der Waals surface area contributed by atoms with Crippen molar-refractivity contribution in [2.45, 2.75) is 38.9 Å². The third-order valence-electron chi connectivity index (χ3n) is 3.35. The molecule has 1 aliphatic heterocycles. The zero-order valence-corrected chi connectivity index (χ0v) is 10.3. The molecule has 1 aliphatic rings. The summed E-state index contributed by atoms with van der Waals surface area (Å²) in [4.78, 5) is 2.55. The van der Waals surface area contributed by atoms with Gasteiger partial charge in [0.15, 0.2) is 0 Å². The van der Waals surface area contributed by atoms with Crippen molar-refractivity contribution in [3.63, 3.8) is 0 Å². The van der Waals surface area contributed by atoms with E-state index in [2.05, 4.69) is 29.2 Å². The van der Waals surface area contributed by atoms with Crippen molar-refractivity contribution < 1.29 is 0 Å². The van der Waals surface area contributed by atoms with Crippen LogP contribution in [0.4, 0.5) is 0 Å². The van der Waals surface area contributed by atoms with Crippen molar-refractivity contribution in [3.8, 4) is 0 Å². The summed E-state index contributed by atoms with van der Waals surface area (Å²) in [5.74, 6) is 0. The van der Waals surface area contributed by atoms with Gasteiger partial charge in [-0.1, -0.05) is 6.92 Å². The van der Waals surface area contributed by atoms with Gasteiger partial charge in [-0.3, -0.25) is 9.58 Å². The summed E-state index contributed by atoms with van der Waals surface area (Å²) in [6.07, 6.45) is 5.16. The highest BCUT2D eigenvalue weighted by molar-refractivity contribution is 4.85. The number of likely N-dealkylation sites (tertiary alicyclic amines) is 1. The van der Waals surface area contributed by atoms with Crippen LogP contribution in [0.25, 0.3) is 0 Å². The number of aromatic nitrogens is 2. The molecule has 2 heterocycles. The average Bonchev–Trinajstić information content (AvgIpc) is 2.89. The van der Waals surface area contributed by atoms with E-state index in [1.54, 1.807) is 0 Å². The predicted molar refractivity (Wildman–Crippen MR) is 65.3 cm³/mol. The zero-order chi connectivity index (χ0) is 11.4. The molecule has 2 rings (SSSR count). The molecule has 90 valence electrons. The maximum absolute atomic E-state index is 4.26. The van der Waals surface area contributed by atoms with Crippen molar-refractivity contribution in [2.24, 2.45) is 0 Å². The first-order chi connectivity index (χ1) is 7.79. The van der Waals surface area contributed by atoms with E-state index in [-0.39, 0.29) is 0 Å². The molecular formula is C12H22N4. The van der Waals surface area contributed by atoms with Gasteiger partial charge in [-0.05, 0) is 26.0 Å². The molecule has 1 aromatic rings. The molecule has 16 heavy (non-hydrogen) atoms. The fraction of sp³-hybridized carbons (Fsp3) is 0.750. The lowest BCUT2D eigenvalue weighted by Gasteiger charge is -2.24. The van der Waals surface area contributed by atoms with Crippen molar-refractivity contribution in [2.75, 3.05) is 19.6 Å². The Morgan fingerprint density at radius 2 is 2.44 bits per heavy atom. The van der Waals surface area contributed by atoms with E-state index < -0.39 is 0 Å². The summed E-state index contributed by atoms with van der Waals surface area (Å²) in [5, 5.41) is 7.78. The van der Waals surface area contributed by atoms with Crippen LogP contribution in [0.15, 0.2) is 18.5 Å². The average molecular weight is 222 g/mol. The van der Waals surface area contributed by atoms with Crippen molar-refractivity contribution >= 4 is 0 Å². The Hall–Kier alpha value is -0.870. The van der Waals surface area contributed by atoms with Gasteiger partial charge in [-0.2, -0.15) is 5.10 Å². The van der Waals surface area contributed by atoms with Crippen LogP contribution >= 0.6 is 0 Å². The molecule has 0 aliphatic carbocycles. The molecule has 0 amide bonds. The lowest BCUT2D eigenvalue weighted by Crippen LogP contribution is -2.38. The van der Waals surface area contributed by atoms with Gasteiger partial charge >= 0.3 is 0 Å². The van der Waals surface area contributed by atoms with Gasteiger partial charge < -0.3 is 5.32 Å². The molecule has 2 unspecified atom stereocenters. The molecule has 0 aromatic carbocycles. The molecule has 1 N–H and O–H groups in total. The summed E-state index contributed by atoms with van der Waals surface area (Å²) in [7, 11) is 0. The van der Waals surface area contributed by atoms with Gasteiger partial charge in [0.25, 0.3) is 0 Å². The molecule has 1 saturated heterocycles. The monoisotopic (exact) mass is 222 g/mol. The van der Waals surface area contributed by atoms with Crippen LogP contribution in [0.5, 0.6) is 0 Å². The minimum atomic E-state index is 0.573. The minimum absolute atomic E-state index is 0.573. The third kappa shape index (κ3) is 2.83. The molecule has 1 fully saturated rings. The van der Waals surface area contributed by atoms with E-state index in [9.17, 15) is 0 Å². The first-order valence-corrected chi connectivity index (χ1v) is 6.24. The summed E-state index contributed by atoms with van der Waals surface area (Å²) in [6.45, 7) is 8.92. The maximum Gasteiger partial charge on any atom is 0.0562 e. The minimum Gasteiger partial charge on any atom is -0.313 e. The van der Waals surface area contributed by atoms with Gasteiger partial charge in [0, 0.05) is 37.6 Å². The van der Waals surface area contributed by atoms with E-state index in [0.717, 1.165) is 13.1 Å². The molecule has 4 nitrogen and oxygen atoms in total. The Morgan fingerprint density at radius 1 is 1.56 bits per heavy atom. The fourth-order valence-electron chi connectivity index (χ4n) is 2.44. The molecule has 2 atom stereocenters. The quantitative estimate of drug-likeness (QED) is 0.805. The highest BCUT2D eigenvalue weighted by Crippen LogP contribution is 2.13. The van der Waals surface area contributed by atoms with E-state index in [1.165, 1.54) is 19.5 Å². The van der Waals surface area contributed by atoms with E-state index >= 15 is 0 Å². The highest BCUT2D eigenvalue weighted by Gasteiger charge is 2.25. The van der Waals surface area contributed by atoms with Gasteiger partial charge in [0.1, 0.15) is 0 Å². The smallest absolute Gasteiger partial charge is 0.0562 e. The number of nitrogens with one attached hydrogen (secondary N) is 1. The van der Waals surface area contributed by atoms with Crippen molar-refractivity contribution in [1.29, 1.82) is 0 Å². The number of likely N-dealkylation sites (N-methyl/N-ethyl adjacent to an activating group) is 1. The molecule has 1 aromatic heterocycles. The van der Waals surface area contributed by atoms with Crippen LogP contribution in [0.3, 0.4) is 0 Å². The number of hydrogen-bond donors (Lipinski definition) is 1. The summed E-state index contributed by atoms with van der Waals surface area (Å²) < 4.78 is 2.02. The molecule has 0 spiro atoms. The molecule has 0 bridgehead atoms. The van der Waals surface area contributed by atoms with Crippen LogP contribution < -0.4 is 5.32 Å². The second kappa shape index (κ2) is 5.46. The van der Waals surface area contributed by atoms with Crippen LogP contribution in [0.2, 0.25) is 0 Å². The first kappa shape index (κ1) is 11.6. The van der Waals surface area contributed by atoms with Crippen LogP contribution in [0.1, 0.15) is 20.3 Å². The standard InChI is InChI=1S/C12H22N4/c1-3-13-12-5-8-15(10-12)11(2)9-16-7-4-6-14-16/h4,6-7,11-13H,3,5,8-10H2,1-2H3. The topological polar surface area (TPSA) is 33.1 Å². The van der Waals surface area contributed by atoms with Gasteiger partial charge in [-0.15, -0.1) is 0 Å². The normalized spacial score (nSPS) is 23.8. The third-order valence-corrected chi connectivity index (χ3v) is 3.35. The second-order valence-corrected chi connectivity index (χ2v) is 4.62. The lowest BCUT2D eigenvalue weighted by molar-refractivity contribution is 0.224. The van der Waals surface area contributed by atoms with Crippen molar-refractivity contribution in [3.05, 3.63) is 18.5 Å². The van der Waals surface area contributed by atoms with Gasteiger partial charge in [0.2, 0.25) is 0 Å². The molecule has 4 heteroatoms. The zero-order valence-electron chi connectivity index (χ0n) is 10.3. The highest BCUT2D eigenvalue weighted by atomic mass is 15.3. The summed E-state index contributed by atoms with van der Waals surface area (Å²) in [5.41, 5.74) is 0. The molecular weight excluding hydrogens is 200 g/mol. The summed E-state index contributed by atoms with van der Waals surface area (Å²) >= 11 is 0. The Bertz CT molecular complexity index is 296. The molecule has 0 saturated carbocycles.